The molecule has 0 saturated carbocycles. The topological polar surface area (TPSA) is 77.0 Å². The molecule has 0 spiro atoms. The number of rotatable bonds is 3. The fourth-order valence-corrected chi connectivity index (χ4v) is 3.15. The van der Waals surface area contributed by atoms with Crippen LogP contribution in [0, 0.1) is 6.92 Å². The Hall–Kier alpha value is -2.48. The van der Waals surface area contributed by atoms with Crippen molar-refractivity contribution in [2.45, 2.75) is 19.8 Å². The second kappa shape index (κ2) is 6.44. The molecule has 4 rings (SSSR count). The van der Waals surface area contributed by atoms with Crippen molar-refractivity contribution in [1.82, 2.24) is 24.8 Å². The molecule has 0 radical (unpaired) electrons. The van der Waals surface area contributed by atoms with Gasteiger partial charge in [-0.15, -0.1) is 0 Å². The van der Waals surface area contributed by atoms with Gasteiger partial charge in [0.05, 0.1) is 16.9 Å². The van der Waals surface area contributed by atoms with E-state index in [9.17, 15) is 4.79 Å². The normalized spacial score (nSPS) is 14.2. The molecule has 0 N–H and O–H groups in total. The molecular weight excluding hydrogens is 386 g/mol. The Labute approximate surface area is 152 Å². The highest BCUT2D eigenvalue weighted by Crippen LogP contribution is 2.23. The predicted octanol–water partition coefficient (Wildman–Crippen LogP) is 3.23. The standard InChI is InChI=1S/C17H16BrN5O2/c1-11-14(10-23(20-11)13-6-4-12(18)5-7-13)15-19-16(25-21-15)17(24)22-8-2-3-9-22/h4-7,10H,2-3,8-9H2,1H3. The average molecular weight is 402 g/mol. The lowest BCUT2D eigenvalue weighted by Crippen LogP contribution is -2.27. The molecule has 8 heteroatoms. The molecule has 1 fully saturated rings. The third-order valence-electron chi connectivity index (χ3n) is 4.23. The van der Waals surface area contributed by atoms with E-state index in [1.165, 1.54) is 0 Å². The molecule has 2 aromatic heterocycles. The van der Waals surface area contributed by atoms with Crippen LogP contribution >= 0.6 is 15.9 Å². The van der Waals surface area contributed by atoms with Crippen molar-refractivity contribution in [3.8, 4) is 17.1 Å². The van der Waals surface area contributed by atoms with Crippen molar-refractivity contribution in [2.24, 2.45) is 0 Å². The number of carbonyl (C=O) groups excluding carboxylic acids is 1. The molecule has 0 bridgehead atoms. The van der Waals surface area contributed by atoms with Crippen molar-refractivity contribution in [2.75, 3.05) is 13.1 Å². The van der Waals surface area contributed by atoms with Gasteiger partial charge in [0.2, 0.25) is 5.82 Å². The minimum atomic E-state index is -0.200. The maximum atomic E-state index is 12.3. The van der Waals surface area contributed by atoms with Crippen LogP contribution < -0.4 is 0 Å². The number of halogens is 1. The number of nitrogens with zero attached hydrogens (tertiary/aromatic N) is 5. The summed E-state index contributed by atoms with van der Waals surface area (Å²) in [6, 6.07) is 7.82. The number of amides is 1. The van der Waals surface area contributed by atoms with Gasteiger partial charge in [0.25, 0.3) is 0 Å². The zero-order chi connectivity index (χ0) is 17.4. The van der Waals surface area contributed by atoms with Gasteiger partial charge in [0.15, 0.2) is 0 Å². The largest absolute Gasteiger partial charge is 0.334 e. The summed E-state index contributed by atoms with van der Waals surface area (Å²) in [4.78, 5) is 18.4. The second-order valence-corrected chi connectivity index (χ2v) is 6.89. The molecule has 25 heavy (non-hydrogen) atoms. The molecule has 3 aromatic rings. The number of aromatic nitrogens is 4. The van der Waals surface area contributed by atoms with Crippen molar-refractivity contribution in [3.05, 3.63) is 46.5 Å². The summed E-state index contributed by atoms with van der Waals surface area (Å²) >= 11 is 3.42. The van der Waals surface area contributed by atoms with Crippen LogP contribution in [0.2, 0.25) is 0 Å². The number of carbonyl (C=O) groups is 1. The Morgan fingerprint density at radius 2 is 1.92 bits per heavy atom. The van der Waals surface area contributed by atoms with Crippen molar-refractivity contribution in [3.63, 3.8) is 0 Å². The van der Waals surface area contributed by atoms with E-state index in [4.69, 9.17) is 4.52 Å². The molecule has 3 heterocycles. The van der Waals surface area contributed by atoms with Crippen molar-refractivity contribution in [1.29, 1.82) is 0 Å². The van der Waals surface area contributed by atoms with Gasteiger partial charge in [-0.25, -0.2) is 4.68 Å². The van der Waals surface area contributed by atoms with Gasteiger partial charge < -0.3 is 9.42 Å². The smallest absolute Gasteiger partial charge is 0.316 e. The van der Waals surface area contributed by atoms with Gasteiger partial charge in [-0.05, 0) is 44.0 Å². The van der Waals surface area contributed by atoms with Gasteiger partial charge in [-0.2, -0.15) is 10.1 Å². The Balaban J connectivity index is 1.62. The quantitative estimate of drug-likeness (QED) is 0.672. The SMILES string of the molecule is Cc1nn(-c2ccc(Br)cc2)cc1-c1noc(C(=O)N2CCCC2)n1. The highest BCUT2D eigenvalue weighted by molar-refractivity contribution is 9.10. The van der Waals surface area contributed by atoms with Gasteiger partial charge in [-0.1, -0.05) is 21.1 Å². The molecule has 0 aliphatic carbocycles. The van der Waals surface area contributed by atoms with Crippen molar-refractivity contribution < 1.29 is 9.32 Å². The van der Waals surface area contributed by atoms with Crippen LogP contribution in [0.3, 0.4) is 0 Å². The van der Waals surface area contributed by atoms with Gasteiger partial charge >= 0.3 is 11.8 Å². The summed E-state index contributed by atoms with van der Waals surface area (Å²) in [6.07, 6.45) is 3.88. The monoisotopic (exact) mass is 401 g/mol. The molecule has 0 atom stereocenters. The number of likely N-dealkylation sites (tertiary alicyclic amines) is 1. The molecule has 1 aliphatic heterocycles. The summed E-state index contributed by atoms with van der Waals surface area (Å²) in [7, 11) is 0. The number of benzene rings is 1. The first-order valence-corrected chi connectivity index (χ1v) is 8.87. The Morgan fingerprint density at radius 3 is 2.64 bits per heavy atom. The number of aryl methyl sites for hydroxylation is 1. The van der Waals surface area contributed by atoms with E-state index in [0.29, 0.717) is 5.82 Å². The third-order valence-corrected chi connectivity index (χ3v) is 4.76. The number of hydrogen-bond donors (Lipinski definition) is 0. The van der Waals surface area contributed by atoms with E-state index >= 15 is 0 Å². The molecule has 0 unspecified atom stereocenters. The molecular formula is C17H16BrN5O2. The lowest BCUT2D eigenvalue weighted by atomic mass is 10.2. The van der Waals surface area contributed by atoms with Crippen LogP contribution in [0.5, 0.6) is 0 Å². The molecule has 1 aromatic carbocycles. The number of hydrogen-bond acceptors (Lipinski definition) is 5. The van der Waals surface area contributed by atoms with Crippen LogP contribution in [-0.4, -0.2) is 43.8 Å². The zero-order valence-electron chi connectivity index (χ0n) is 13.6. The minimum absolute atomic E-state index is 0.0349. The van der Waals surface area contributed by atoms with Crippen LogP contribution in [0.15, 0.2) is 39.5 Å². The summed E-state index contributed by atoms with van der Waals surface area (Å²) in [5, 5.41) is 8.47. The van der Waals surface area contributed by atoms with Gasteiger partial charge in [0.1, 0.15) is 0 Å². The highest BCUT2D eigenvalue weighted by Gasteiger charge is 2.25. The maximum Gasteiger partial charge on any atom is 0.316 e. The Bertz CT molecular complexity index is 910. The Morgan fingerprint density at radius 1 is 1.20 bits per heavy atom. The maximum absolute atomic E-state index is 12.3. The molecule has 128 valence electrons. The Kier molecular flexibility index (Phi) is 4.12. The summed E-state index contributed by atoms with van der Waals surface area (Å²) < 4.78 is 7.95. The lowest BCUT2D eigenvalue weighted by molar-refractivity contribution is 0.0743. The van der Waals surface area contributed by atoms with Gasteiger partial charge in [-0.3, -0.25) is 4.79 Å². The minimum Gasteiger partial charge on any atom is -0.334 e. The van der Waals surface area contributed by atoms with E-state index in [1.807, 2.05) is 37.4 Å². The van der Waals surface area contributed by atoms with Crippen LogP contribution in [0.4, 0.5) is 0 Å². The fourth-order valence-electron chi connectivity index (χ4n) is 2.88. The molecule has 1 amide bonds. The average Bonchev–Trinajstić information content (AvgIpc) is 3.35. The predicted molar refractivity (Wildman–Crippen MR) is 94.4 cm³/mol. The fraction of sp³-hybridized carbons (Fsp3) is 0.294. The van der Waals surface area contributed by atoms with Gasteiger partial charge in [0, 0.05) is 23.8 Å². The molecule has 1 saturated heterocycles. The molecule has 7 nitrogen and oxygen atoms in total. The second-order valence-electron chi connectivity index (χ2n) is 5.97. The first-order chi connectivity index (χ1) is 12.1. The zero-order valence-corrected chi connectivity index (χ0v) is 15.2. The van der Waals surface area contributed by atoms with E-state index in [-0.39, 0.29) is 11.8 Å². The van der Waals surface area contributed by atoms with Crippen LogP contribution in [0.1, 0.15) is 29.2 Å². The summed E-state index contributed by atoms with van der Waals surface area (Å²) in [5.74, 6) is 0.213. The summed E-state index contributed by atoms with van der Waals surface area (Å²) in [6.45, 7) is 3.37. The van der Waals surface area contributed by atoms with E-state index < -0.39 is 0 Å². The van der Waals surface area contributed by atoms with E-state index in [0.717, 1.165) is 47.3 Å². The van der Waals surface area contributed by atoms with Crippen LogP contribution in [0.25, 0.3) is 17.1 Å². The van der Waals surface area contributed by atoms with Crippen LogP contribution in [-0.2, 0) is 0 Å². The first kappa shape index (κ1) is 16.0. The summed E-state index contributed by atoms with van der Waals surface area (Å²) in [5.41, 5.74) is 2.44. The van der Waals surface area contributed by atoms with E-state index in [1.54, 1.807) is 9.58 Å². The molecule has 1 aliphatic rings. The first-order valence-electron chi connectivity index (χ1n) is 8.07. The highest BCUT2D eigenvalue weighted by atomic mass is 79.9. The third kappa shape index (κ3) is 3.09. The lowest BCUT2D eigenvalue weighted by Gasteiger charge is -2.10. The van der Waals surface area contributed by atoms with E-state index in [2.05, 4.69) is 31.2 Å². The van der Waals surface area contributed by atoms with Crippen molar-refractivity contribution >= 4 is 21.8 Å².